The van der Waals surface area contributed by atoms with Gasteiger partial charge in [-0.15, -0.1) is 0 Å². The topological polar surface area (TPSA) is 107 Å². The molecule has 0 atom stereocenters. The Morgan fingerprint density at radius 3 is 2.50 bits per heavy atom. The van der Waals surface area contributed by atoms with Crippen molar-refractivity contribution in [3.05, 3.63) is 36.3 Å². The molecule has 0 amide bonds. The van der Waals surface area contributed by atoms with Gasteiger partial charge in [-0.1, -0.05) is 6.07 Å². The third-order valence-electron chi connectivity index (χ3n) is 4.78. The molecule has 0 saturated heterocycles. The van der Waals surface area contributed by atoms with Crippen molar-refractivity contribution in [1.82, 2.24) is 14.3 Å². The molecule has 0 bridgehead atoms. The average molecular weight is 351 g/mol. The smallest absolute Gasteiger partial charge is 0.262 e. The van der Waals surface area contributed by atoms with Gasteiger partial charge in [-0.2, -0.15) is 4.31 Å². The lowest BCUT2D eigenvalue weighted by Crippen LogP contribution is -2.39. The number of imidazole rings is 1. The first-order chi connectivity index (χ1) is 11.4. The SMILES string of the molecule is CN([C@H]1CC[C@@H](c2ccc(O)cc2O)CC1)S(=O)(=O)c1c[nH]cn1. The van der Waals surface area contributed by atoms with Crippen molar-refractivity contribution < 1.29 is 18.6 Å². The standard InChI is InChI=1S/C16H21N3O4S/c1-19(24(22,23)16-9-17-10-18-16)12-4-2-11(3-5-12)14-7-6-13(20)8-15(14)21/h6-12,20-21H,2-5H2,1H3,(H,17,18)/t11-,12+. The van der Waals surface area contributed by atoms with Crippen LogP contribution in [-0.4, -0.2) is 46.0 Å². The number of phenols is 2. The molecule has 24 heavy (non-hydrogen) atoms. The van der Waals surface area contributed by atoms with Crippen LogP contribution in [0.2, 0.25) is 0 Å². The third kappa shape index (κ3) is 3.11. The van der Waals surface area contributed by atoms with Gasteiger partial charge in [0.25, 0.3) is 10.0 Å². The Hall–Kier alpha value is -2.06. The van der Waals surface area contributed by atoms with Gasteiger partial charge in [0.05, 0.1) is 6.33 Å². The molecule has 0 spiro atoms. The number of aromatic hydroxyl groups is 2. The molecule has 2 aromatic rings. The molecule has 1 aromatic carbocycles. The summed E-state index contributed by atoms with van der Waals surface area (Å²) >= 11 is 0. The molecule has 8 heteroatoms. The molecule has 1 aromatic heterocycles. The Balaban J connectivity index is 1.69. The summed E-state index contributed by atoms with van der Waals surface area (Å²) in [6.07, 6.45) is 5.72. The second-order valence-corrected chi connectivity index (χ2v) is 8.12. The van der Waals surface area contributed by atoms with Gasteiger partial charge in [0.15, 0.2) is 5.03 Å². The summed E-state index contributed by atoms with van der Waals surface area (Å²) in [6.45, 7) is 0. The minimum absolute atomic E-state index is 0.0308. The van der Waals surface area contributed by atoms with Crippen LogP contribution in [0.25, 0.3) is 0 Å². The van der Waals surface area contributed by atoms with Crippen LogP contribution < -0.4 is 0 Å². The molecule has 1 heterocycles. The molecule has 0 radical (unpaired) electrons. The quantitative estimate of drug-likeness (QED) is 0.783. The molecule has 7 nitrogen and oxygen atoms in total. The zero-order valence-electron chi connectivity index (χ0n) is 13.4. The van der Waals surface area contributed by atoms with E-state index in [0.717, 1.165) is 18.4 Å². The zero-order valence-corrected chi connectivity index (χ0v) is 14.2. The summed E-state index contributed by atoms with van der Waals surface area (Å²) in [5, 5.41) is 19.4. The number of nitrogens with one attached hydrogen (secondary N) is 1. The minimum atomic E-state index is -3.58. The Morgan fingerprint density at radius 1 is 1.21 bits per heavy atom. The van der Waals surface area contributed by atoms with Gasteiger partial charge in [-0.05, 0) is 43.2 Å². The predicted molar refractivity (Wildman–Crippen MR) is 88.3 cm³/mol. The number of aromatic amines is 1. The molecule has 3 rings (SSSR count). The predicted octanol–water partition coefficient (Wildman–Crippen LogP) is 2.17. The van der Waals surface area contributed by atoms with E-state index in [1.807, 2.05) is 0 Å². The van der Waals surface area contributed by atoms with Crippen LogP contribution in [0.5, 0.6) is 11.5 Å². The third-order valence-corrected chi connectivity index (χ3v) is 6.59. The van der Waals surface area contributed by atoms with Crippen LogP contribution in [0, 0.1) is 0 Å². The second kappa shape index (κ2) is 6.45. The lowest BCUT2D eigenvalue weighted by atomic mass is 9.81. The molecular weight excluding hydrogens is 330 g/mol. The van der Waals surface area contributed by atoms with E-state index in [9.17, 15) is 18.6 Å². The highest BCUT2D eigenvalue weighted by atomic mass is 32.2. The fourth-order valence-corrected chi connectivity index (χ4v) is 4.66. The van der Waals surface area contributed by atoms with E-state index in [0.29, 0.717) is 12.8 Å². The largest absolute Gasteiger partial charge is 0.508 e. The van der Waals surface area contributed by atoms with Crippen LogP contribution in [0.4, 0.5) is 0 Å². The van der Waals surface area contributed by atoms with Gasteiger partial charge < -0.3 is 15.2 Å². The van der Waals surface area contributed by atoms with E-state index >= 15 is 0 Å². The molecule has 1 aliphatic carbocycles. The first-order valence-corrected chi connectivity index (χ1v) is 9.32. The highest BCUT2D eigenvalue weighted by Crippen LogP contribution is 2.39. The van der Waals surface area contributed by atoms with Crippen molar-refractivity contribution in [3.63, 3.8) is 0 Å². The lowest BCUT2D eigenvalue weighted by Gasteiger charge is -2.34. The van der Waals surface area contributed by atoms with E-state index in [-0.39, 0.29) is 28.5 Å². The summed E-state index contributed by atoms with van der Waals surface area (Å²) in [6, 6.07) is 4.56. The van der Waals surface area contributed by atoms with Crippen LogP contribution >= 0.6 is 0 Å². The molecule has 130 valence electrons. The maximum atomic E-state index is 12.5. The van der Waals surface area contributed by atoms with Crippen LogP contribution in [0.1, 0.15) is 37.2 Å². The molecular formula is C16H21N3O4S. The summed E-state index contributed by atoms with van der Waals surface area (Å²) in [4.78, 5) is 6.51. The number of H-pyrrole nitrogens is 1. The highest BCUT2D eigenvalue weighted by Gasteiger charge is 2.33. The monoisotopic (exact) mass is 351 g/mol. The summed E-state index contributed by atoms with van der Waals surface area (Å²) < 4.78 is 26.4. The van der Waals surface area contributed by atoms with Crippen LogP contribution in [-0.2, 0) is 10.0 Å². The molecule has 3 N–H and O–H groups in total. The van der Waals surface area contributed by atoms with Crippen molar-refractivity contribution in [2.45, 2.75) is 42.7 Å². The van der Waals surface area contributed by atoms with Gasteiger partial charge in [0.1, 0.15) is 11.5 Å². The van der Waals surface area contributed by atoms with Crippen LogP contribution in [0.3, 0.4) is 0 Å². The van der Waals surface area contributed by atoms with Crippen LogP contribution in [0.15, 0.2) is 35.7 Å². The van der Waals surface area contributed by atoms with Crippen molar-refractivity contribution in [3.8, 4) is 11.5 Å². The van der Waals surface area contributed by atoms with Gasteiger partial charge >= 0.3 is 0 Å². The van der Waals surface area contributed by atoms with Crippen molar-refractivity contribution >= 4 is 10.0 Å². The van der Waals surface area contributed by atoms with Crippen molar-refractivity contribution in [2.75, 3.05) is 7.05 Å². The molecule has 1 fully saturated rings. The number of hydrogen-bond donors (Lipinski definition) is 3. The highest BCUT2D eigenvalue weighted by molar-refractivity contribution is 7.89. The number of sulfonamides is 1. The molecule has 0 unspecified atom stereocenters. The summed E-state index contributed by atoms with van der Waals surface area (Å²) in [7, 11) is -1.99. The van der Waals surface area contributed by atoms with E-state index in [1.54, 1.807) is 19.2 Å². The van der Waals surface area contributed by atoms with E-state index in [2.05, 4.69) is 9.97 Å². The summed E-state index contributed by atoms with van der Waals surface area (Å²) in [5.74, 6) is 0.300. The lowest BCUT2D eigenvalue weighted by molar-refractivity contribution is 0.265. The first-order valence-electron chi connectivity index (χ1n) is 7.88. The van der Waals surface area contributed by atoms with Gasteiger partial charge in [0.2, 0.25) is 0 Å². The van der Waals surface area contributed by atoms with Crippen molar-refractivity contribution in [1.29, 1.82) is 0 Å². The molecule has 0 aliphatic heterocycles. The maximum Gasteiger partial charge on any atom is 0.262 e. The van der Waals surface area contributed by atoms with Gasteiger partial charge in [-0.25, -0.2) is 13.4 Å². The summed E-state index contributed by atoms with van der Waals surface area (Å²) in [5.41, 5.74) is 0.809. The fraction of sp³-hybridized carbons (Fsp3) is 0.438. The van der Waals surface area contributed by atoms with E-state index in [4.69, 9.17) is 0 Å². The Kier molecular flexibility index (Phi) is 4.51. The number of rotatable bonds is 4. The normalized spacial score (nSPS) is 21.9. The maximum absolute atomic E-state index is 12.5. The van der Waals surface area contributed by atoms with Gasteiger partial charge in [-0.3, -0.25) is 0 Å². The minimum Gasteiger partial charge on any atom is -0.508 e. The van der Waals surface area contributed by atoms with E-state index < -0.39 is 10.0 Å². The molecule has 1 saturated carbocycles. The Labute approximate surface area is 141 Å². The van der Waals surface area contributed by atoms with E-state index in [1.165, 1.54) is 22.9 Å². The van der Waals surface area contributed by atoms with Gasteiger partial charge in [0, 0.05) is 25.4 Å². The van der Waals surface area contributed by atoms with Crippen molar-refractivity contribution in [2.24, 2.45) is 0 Å². The average Bonchev–Trinajstić information content (AvgIpc) is 3.10. The second-order valence-electron chi connectivity index (χ2n) is 6.18. The number of aromatic nitrogens is 2. The number of benzene rings is 1. The Bertz CT molecular complexity index is 797. The first kappa shape index (κ1) is 16.8. The number of phenolic OH excluding ortho intramolecular Hbond substituents is 2. The zero-order chi connectivity index (χ0) is 17.3. The molecule has 1 aliphatic rings. The number of nitrogens with zero attached hydrogens (tertiary/aromatic N) is 2. The Morgan fingerprint density at radius 2 is 1.92 bits per heavy atom. The number of hydrogen-bond acceptors (Lipinski definition) is 5. The fourth-order valence-electron chi connectivity index (χ4n) is 3.36.